The number of rotatable bonds is 4. The molecule has 0 spiro atoms. The summed E-state index contributed by atoms with van der Waals surface area (Å²) < 4.78 is 7.60. The van der Waals surface area contributed by atoms with E-state index < -0.39 is 0 Å². The van der Waals surface area contributed by atoms with E-state index in [4.69, 9.17) is 4.74 Å². The molecule has 2 aliphatic rings. The van der Waals surface area contributed by atoms with E-state index >= 15 is 0 Å². The highest BCUT2D eigenvalue weighted by Crippen LogP contribution is 2.25. The normalized spacial score (nSPS) is 23.9. The summed E-state index contributed by atoms with van der Waals surface area (Å²) in [6.07, 6.45) is 13.1. The van der Waals surface area contributed by atoms with Crippen LogP contribution in [0.2, 0.25) is 0 Å². The van der Waals surface area contributed by atoms with Crippen LogP contribution in [-0.2, 0) is 16.1 Å². The lowest BCUT2D eigenvalue weighted by atomic mass is 9.89. The van der Waals surface area contributed by atoms with Crippen LogP contribution in [0, 0.1) is 5.92 Å². The van der Waals surface area contributed by atoms with Crippen LogP contribution < -0.4 is 5.32 Å². The second-order valence-electron chi connectivity index (χ2n) is 6.26. The summed E-state index contributed by atoms with van der Waals surface area (Å²) in [5.74, 6) is 0.340. The number of anilines is 1. The molecule has 116 valence electrons. The number of carbonyl (C=O) groups is 1. The molecule has 0 radical (unpaired) electrons. The zero-order valence-electron chi connectivity index (χ0n) is 12.6. The number of carbonyl (C=O) groups excluding carboxylic acids is 1. The summed E-state index contributed by atoms with van der Waals surface area (Å²) >= 11 is 0. The summed E-state index contributed by atoms with van der Waals surface area (Å²) in [5, 5.41) is 7.34. The summed E-state index contributed by atoms with van der Waals surface area (Å²) in [6.45, 7) is 1.64. The van der Waals surface area contributed by atoms with E-state index in [9.17, 15) is 4.79 Å². The van der Waals surface area contributed by atoms with Crippen molar-refractivity contribution in [3.8, 4) is 0 Å². The Hall–Kier alpha value is -1.36. The lowest BCUT2D eigenvalue weighted by Crippen LogP contribution is -2.25. The van der Waals surface area contributed by atoms with Crippen molar-refractivity contribution >= 4 is 11.6 Å². The smallest absolute Gasteiger partial charge is 0.227 e. The van der Waals surface area contributed by atoms with E-state index in [-0.39, 0.29) is 17.9 Å². The lowest BCUT2D eigenvalue weighted by Gasteiger charge is -2.22. The van der Waals surface area contributed by atoms with Crippen molar-refractivity contribution < 1.29 is 9.53 Å². The molecule has 21 heavy (non-hydrogen) atoms. The number of hydrogen-bond acceptors (Lipinski definition) is 3. The molecule has 1 aliphatic carbocycles. The SMILES string of the molecule is O=C(Nc1cnn(CC2CCCCO2)c1)C1CCCCC1. The molecule has 1 saturated carbocycles. The fourth-order valence-corrected chi connectivity index (χ4v) is 3.30. The van der Waals surface area contributed by atoms with E-state index in [0.717, 1.165) is 44.5 Å². The molecule has 1 N–H and O–H groups in total. The molecule has 1 aromatic heterocycles. The molecular formula is C16H25N3O2. The van der Waals surface area contributed by atoms with Crippen LogP contribution in [0.3, 0.4) is 0 Å². The van der Waals surface area contributed by atoms with Gasteiger partial charge < -0.3 is 10.1 Å². The first-order valence-corrected chi connectivity index (χ1v) is 8.26. The summed E-state index contributed by atoms with van der Waals surface area (Å²) in [6, 6.07) is 0. The summed E-state index contributed by atoms with van der Waals surface area (Å²) in [4.78, 5) is 12.2. The number of ether oxygens (including phenoxy) is 1. The van der Waals surface area contributed by atoms with Gasteiger partial charge in [0.15, 0.2) is 0 Å². The first kappa shape index (κ1) is 14.6. The molecule has 5 heteroatoms. The van der Waals surface area contributed by atoms with Gasteiger partial charge in [-0.1, -0.05) is 19.3 Å². The highest BCUT2D eigenvalue weighted by molar-refractivity contribution is 5.92. The number of nitrogens with zero attached hydrogens (tertiary/aromatic N) is 2. The van der Waals surface area contributed by atoms with Gasteiger partial charge in [-0.3, -0.25) is 9.48 Å². The zero-order valence-corrected chi connectivity index (χ0v) is 12.6. The van der Waals surface area contributed by atoms with Crippen molar-refractivity contribution in [2.24, 2.45) is 5.92 Å². The fourth-order valence-electron chi connectivity index (χ4n) is 3.30. The van der Waals surface area contributed by atoms with Gasteiger partial charge in [-0.25, -0.2) is 0 Å². The minimum absolute atomic E-state index is 0.156. The predicted octanol–water partition coefficient (Wildman–Crippen LogP) is 2.97. The van der Waals surface area contributed by atoms with Crippen molar-refractivity contribution in [2.75, 3.05) is 11.9 Å². The first-order valence-electron chi connectivity index (χ1n) is 8.26. The maximum Gasteiger partial charge on any atom is 0.227 e. The zero-order chi connectivity index (χ0) is 14.5. The minimum Gasteiger partial charge on any atom is -0.376 e. The van der Waals surface area contributed by atoms with E-state index in [2.05, 4.69) is 10.4 Å². The van der Waals surface area contributed by atoms with E-state index in [1.54, 1.807) is 6.20 Å². The van der Waals surface area contributed by atoms with Crippen molar-refractivity contribution in [3.05, 3.63) is 12.4 Å². The molecule has 0 bridgehead atoms. The summed E-state index contributed by atoms with van der Waals surface area (Å²) in [7, 11) is 0. The molecule has 1 aliphatic heterocycles. The van der Waals surface area contributed by atoms with Crippen LogP contribution in [0.1, 0.15) is 51.4 Å². The maximum absolute atomic E-state index is 12.2. The lowest BCUT2D eigenvalue weighted by molar-refractivity contribution is -0.120. The van der Waals surface area contributed by atoms with Gasteiger partial charge in [0.2, 0.25) is 5.91 Å². The first-order chi connectivity index (χ1) is 10.3. The summed E-state index contributed by atoms with van der Waals surface area (Å²) in [5.41, 5.74) is 0.807. The number of nitrogens with one attached hydrogen (secondary N) is 1. The van der Waals surface area contributed by atoms with Crippen molar-refractivity contribution in [1.82, 2.24) is 9.78 Å². The van der Waals surface area contributed by atoms with Gasteiger partial charge in [0.1, 0.15) is 0 Å². The Balaban J connectivity index is 1.50. The van der Waals surface area contributed by atoms with Gasteiger partial charge in [0, 0.05) is 18.7 Å². The molecule has 1 aromatic rings. The van der Waals surface area contributed by atoms with Crippen LogP contribution in [0.25, 0.3) is 0 Å². The molecule has 3 rings (SSSR count). The molecule has 2 fully saturated rings. The van der Waals surface area contributed by atoms with Crippen LogP contribution in [0.4, 0.5) is 5.69 Å². The Morgan fingerprint density at radius 3 is 2.81 bits per heavy atom. The van der Waals surface area contributed by atoms with Gasteiger partial charge >= 0.3 is 0 Å². The monoisotopic (exact) mass is 291 g/mol. The average Bonchev–Trinajstić information content (AvgIpc) is 2.96. The predicted molar refractivity (Wildman–Crippen MR) is 81.0 cm³/mol. The van der Waals surface area contributed by atoms with Crippen molar-refractivity contribution in [2.45, 2.75) is 64.0 Å². The minimum atomic E-state index is 0.156. The second kappa shape index (κ2) is 7.07. The Morgan fingerprint density at radius 2 is 2.05 bits per heavy atom. The van der Waals surface area contributed by atoms with Gasteiger partial charge in [-0.15, -0.1) is 0 Å². The van der Waals surface area contributed by atoms with E-state index in [1.165, 1.54) is 25.7 Å². The standard InChI is InChI=1S/C16H25N3O2/c20-16(13-6-2-1-3-7-13)18-14-10-17-19(11-14)12-15-8-4-5-9-21-15/h10-11,13,15H,1-9,12H2,(H,18,20). The Morgan fingerprint density at radius 1 is 1.24 bits per heavy atom. The number of aromatic nitrogens is 2. The van der Waals surface area contributed by atoms with Crippen LogP contribution in [-0.4, -0.2) is 28.4 Å². The van der Waals surface area contributed by atoms with Gasteiger partial charge in [0.25, 0.3) is 0 Å². The van der Waals surface area contributed by atoms with E-state index in [0.29, 0.717) is 0 Å². The van der Waals surface area contributed by atoms with Gasteiger partial charge in [-0.05, 0) is 32.1 Å². The molecular weight excluding hydrogens is 266 g/mol. The molecule has 1 atom stereocenters. The third-order valence-corrected chi connectivity index (χ3v) is 4.54. The highest BCUT2D eigenvalue weighted by atomic mass is 16.5. The Kier molecular flexibility index (Phi) is 4.91. The average molecular weight is 291 g/mol. The van der Waals surface area contributed by atoms with Gasteiger partial charge in [0.05, 0.1) is 24.5 Å². The van der Waals surface area contributed by atoms with Crippen molar-refractivity contribution in [1.29, 1.82) is 0 Å². The number of hydrogen-bond donors (Lipinski definition) is 1. The third-order valence-electron chi connectivity index (χ3n) is 4.54. The van der Waals surface area contributed by atoms with Crippen molar-refractivity contribution in [3.63, 3.8) is 0 Å². The molecule has 1 saturated heterocycles. The van der Waals surface area contributed by atoms with Crippen LogP contribution in [0.5, 0.6) is 0 Å². The highest BCUT2D eigenvalue weighted by Gasteiger charge is 2.21. The molecule has 5 nitrogen and oxygen atoms in total. The largest absolute Gasteiger partial charge is 0.376 e. The third kappa shape index (κ3) is 4.06. The van der Waals surface area contributed by atoms with Crippen LogP contribution in [0.15, 0.2) is 12.4 Å². The van der Waals surface area contributed by atoms with Crippen LogP contribution >= 0.6 is 0 Å². The maximum atomic E-state index is 12.2. The Bertz CT molecular complexity index is 460. The topological polar surface area (TPSA) is 56.2 Å². The fraction of sp³-hybridized carbons (Fsp3) is 0.750. The Labute approximate surface area is 126 Å². The molecule has 1 amide bonds. The molecule has 2 heterocycles. The molecule has 1 unspecified atom stereocenters. The quantitative estimate of drug-likeness (QED) is 0.928. The second-order valence-corrected chi connectivity index (χ2v) is 6.26. The number of amides is 1. The van der Waals surface area contributed by atoms with Gasteiger partial charge in [-0.2, -0.15) is 5.10 Å². The van der Waals surface area contributed by atoms with E-state index in [1.807, 2.05) is 10.9 Å². The molecule has 0 aromatic carbocycles.